The number of carbonyl (C=O) groups is 2. The summed E-state index contributed by atoms with van der Waals surface area (Å²) in [4.78, 5) is 29.6. The van der Waals surface area contributed by atoms with E-state index in [2.05, 4.69) is 5.32 Å². The van der Waals surface area contributed by atoms with E-state index in [0.29, 0.717) is 30.3 Å². The molecule has 0 bridgehead atoms. The molecule has 1 saturated carbocycles. The number of hydrogen-bond acceptors (Lipinski definition) is 5. The fourth-order valence-corrected chi connectivity index (χ4v) is 2.86. The zero-order valence-electron chi connectivity index (χ0n) is 13.8. The smallest absolute Gasteiger partial charge is 0.351 e. The Morgan fingerprint density at radius 3 is 2.42 bits per heavy atom. The van der Waals surface area contributed by atoms with Crippen LogP contribution in [0.1, 0.15) is 39.0 Å². The van der Waals surface area contributed by atoms with Gasteiger partial charge in [0.25, 0.3) is 5.91 Å². The van der Waals surface area contributed by atoms with Crippen LogP contribution in [0.3, 0.4) is 0 Å². The van der Waals surface area contributed by atoms with E-state index in [1.165, 1.54) is 24.1 Å². The highest BCUT2D eigenvalue weighted by atomic mass is 19.3. The van der Waals surface area contributed by atoms with Crippen molar-refractivity contribution in [1.29, 1.82) is 5.26 Å². The van der Waals surface area contributed by atoms with Crippen LogP contribution in [0, 0.1) is 16.9 Å². The van der Waals surface area contributed by atoms with E-state index in [-0.39, 0.29) is 0 Å². The van der Waals surface area contributed by atoms with Gasteiger partial charge in [0.2, 0.25) is 5.92 Å². The van der Waals surface area contributed by atoms with Crippen molar-refractivity contribution in [2.24, 2.45) is 5.41 Å². The van der Waals surface area contributed by atoms with Crippen molar-refractivity contribution in [2.45, 2.75) is 51.0 Å². The molecule has 2 fully saturated rings. The van der Waals surface area contributed by atoms with E-state index < -0.39 is 30.4 Å². The molecule has 2 rings (SSSR count). The van der Waals surface area contributed by atoms with Gasteiger partial charge in [-0.3, -0.25) is 9.69 Å². The summed E-state index contributed by atoms with van der Waals surface area (Å²) in [5.74, 6) is -4.08. The van der Waals surface area contributed by atoms with E-state index in [1.807, 2.05) is 0 Å². The monoisotopic (exact) mass is 344 g/mol. The summed E-state index contributed by atoms with van der Waals surface area (Å²) in [5.41, 5.74) is 0.411. The van der Waals surface area contributed by atoms with Gasteiger partial charge in [-0.1, -0.05) is 0 Å². The molecule has 1 N–H and O–H groups in total. The van der Waals surface area contributed by atoms with Gasteiger partial charge in [-0.15, -0.1) is 5.06 Å². The molecular weight excluding hydrogens is 322 g/mol. The summed E-state index contributed by atoms with van der Waals surface area (Å²) in [5, 5.41) is 12.3. The fraction of sp³-hybridized carbons (Fsp3) is 0.800. The topological polar surface area (TPSA) is 85.7 Å². The fourth-order valence-electron chi connectivity index (χ4n) is 2.86. The van der Waals surface area contributed by atoms with Crippen LogP contribution in [0.15, 0.2) is 0 Å². The largest absolute Gasteiger partial charge is 0.426 e. The number of halogens is 2. The van der Waals surface area contributed by atoms with Gasteiger partial charge in [0, 0.05) is 26.6 Å². The first-order chi connectivity index (χ1) is 11.1. The highest BCUT2D eigenvalue weighted by Crippen LogP contribution is 2.53. The molecule has 9 heteroatoms. The highest BCUT2D eigenvalue weighted by molar-refractivity contribution is 5.86. The standard InChI is InChI=1S/C15H22F2N4O3/c1-14(16,17)9-11(12(22)20(2)10-18)19-13(23)24-21-7-5-15(3-4-15)6-8-21/h11H,3-9H2,1-2H3,(H,19,23)/t11-/m0/s1. The van der Waals surface area contributed by atoms with Crippen LogP contribution in [-0.2, 0) is 9.63 Å². The third-order valence-electron chi connectivity index (χ3n) is 4.59. The van der Waals surface area contributed by atoms with E-state index in [4.69, 9.17) is 10.1 Å². The second kappa shape index (κ2) is 6.89. The minimum atomic E-state index is -3.17. The Morgan fingerprint density at radius 2 is 1.96 bits per heavy atom. The molecule has 1 atom stereocenters. The van der Waals surface area contributed by atoms with Crippen LogP contribution in [0.25, 0.3) is 0 Å². The SMILES string of the molecule is CN(C#N)C(=O)[C@H](CC(C)(F)F)NC(=O)ON1CCC2(CC1)CC2. The first-order valence-electron chi connectivity index (χ1n) is 7.93. The lowest BCUT2D eigenvalue weighted by atomic mass is 9.95. The molecule has 1 aliphatic carbocycles. The van der Waals surface area contributed by atoms with Gasteiger partial charge in [0.1, 0.15) is 6.04 Å². The van der Waals surface area contributed by atoms with Crippen molar-refractivity contribution in [3.8, 4) is 6.19 Å². The van der Waals surface area contributed by atoms with Crippen molar-refractivity contribution >= 4 is 12.0 Å². The van der Waals surface area contributed by atoms with Crippen molar-refractivity contribution in [1.82, 2.24) is 15.3 Å². The Balaban J connectivity index is 1.88. The lowest BCUT2D eigenvalue weighted by Gasteiger charge is -2.31. The number of carbonyl (C=O) groups excluding carboxylic acids is 2. The van der Waals surface area contributed by atoms with Crippen LogP contribution >= 0.6 is 0 Å². The summed E-state index contributed by atoms with van der Waals surface area (Å²) < 4.78 is 26.5. The maximum Gasteiger partial charge on any atom is 0.426 e. The minimum Gasteiger partial charge on any atom is -0.351 e. The molecule has 0 aromatic rings. The number of hydrogen-bond donors (Lipinski definition) is 1. The van der Waals surface area contributed by atoms with E-state index >= 15 is 0 Å². The number of piperidine rings is 1. The van der Waals surface area contributed by atoms with Gasteiger partial charge in [-0.05, 0) is 38.0 Å². The summed E-state index contributed by atoms with van der Waals surface area (Å²) in [6, 6.07) is -1.53. The van der Waals surface area contributed by atoms with Crippen LogP contribution < -0.4 is 5.32 Å². The molecule has 0 radical (unpaired) electrons. The number of rotatable bonds is 5. The Hall–Kier alpha value is -1.95. The summed E-state index contributed by atoms with van der Waals surface area (Å²) in [7, 11) is 1.15. The van der Waals surface area contributed by atoms with Gasteiger partial charge < -0.3 is 10.2 Å². The Kier molecular flexibility index (Phi) is 5.28. The molecule has 2 amide bonds. The van der Waals surface area contributed by atoms with E-state index in [9.17, 15) is 18.4 Å². The molecule has 1 aliphatic heterocycles. The number of nitrogens with zero attached hydrogens (tertiary/aromatic N) is 3. The second-order valence-corrected chi connectivity index (χ2v) is 6.78. The number of nitrogens with one attached hydrogen (secondary N) is 1. The van der Waals surface area contributed by atoms with Gasteiger partial charge in [-0.2, -0.15) is 5.26 Å². The average Bonchev–Trinajstić information content (AvgIpc) is 3.25. The van der Waals surface area contributed by atoms with Crippen molar-refractivity contribution < 1.29 is 23.2 Å². The zero-order chi connectivity index (χ0) is 18.0. The predicted molar refractivity (Wildman–Crippen MR) is 79.5 cm³/mol. The predicted octanol–water partition coefficient (Wildman–Crippen LogP) is 1.86. The molecule has 24 heavy (non-hydrogen) atoms. The number of amides is 2. The maximum atomic E-state index is 13.2. The molecule has 0 aromatic carbocycles. The zero-order valence-corrected chi connectivity index (χ0v) is 13.8. The van der Waals surface area contributed by atoms with E-state index in [1.54, 1.807) is 0 Å². The highest BCUT2D eigenvalue weighted by Gasteiger charge is 2.45. The van der Waals surface area contributed by atoms with Gasteiger partial charge in [0.05, 0.1) is 0 Å². The normalized spacial score (nSPS) is 20.8. The van der Waals surface area contributed by atoms with Crippen LogP contribution in [-0.4, -0.2) is 54.1 Å². The quantitative estimate of drug-likeness (QED) is 0.608. The second-order valence-electron chi connectivity index (χ2n) is 6.78. The Labute approximate surface area is 139 Å². The minimum absolute atomic E-state index is 0.411. The maximum absolute atomic E-state index is 13.2. The molecule has 0 aromatic heterocycles. The Bertz CT molecular complexity index is 530. The average molecular weight is 344 g/mol. The molecule has 0 unspecified atom stereocenters. The number of nitriles is 1. The lowest BCUT2D eigenvalue weighted by Crippen LogP contribution is -2.50. The van der Waals surface area contributed by atoms with Crippen molar-refractivity contribution in [3.05, 3.63) is 0 Å². The molecule has 7 nitrogen and oxygen atoms in total. The lowest BCUT2D eigenvalue weighted by molar-refractivity contribution is -0.135. The molecule has 1 heterocycles. The molecule has 2 aliphatic rings. The third-order valence-corrected chi connectivity index (χ3v) is 4.59. The van der Waals surface area contributed by atoms with Crippen LogP contribution in [0.2, 0.25) is 0 Å². The molecule has 134 valence electrons. The number of alkyl halides is 2. The summed E-state index contributed by atoms with van der Waals surface area (Å²) >= 11 is 0. The Morgan fingerprint density at radius 1 is 1.38 bits per heavy atom. The van der Waals surface area contributed by atoms with Gasteiger partial charge >= 0.3 is 6.09 Å². The third kappa shape index (κ3) is 5.03. The summed E-state index contributed by atoms with van der Waals surface area (Å²) in [6.45, 7) is 1.83. The van der Waals surface area contributed by atoms with Crippen LogP contribution in [0.5, 0.6) is 0 Å². The van der Waals surface area contributed by atoms with Crippen molar-refractivity contribution in [2.75, 3.05) is 20.1 Å². The molecule has 1 spiro atoms. The van der Waals surface area contributed by atoms with Crippen molar-refractivity contribution in [3.63, 3.8) is 0 Å². The van der Waals surface area contributed by atoms with E-state index in [0.717, 1.165) is 19.9 Å². The summed E-state index contributed by atoms with van der Waals surface area (Å²) in [6.07, 6.45) is 3.95. The first-order valence-corrected chi connectivity index (χ1v) is 7.93. The molecular formula is C15H22F2N4O3. The van der Waals surface area contributed by atoms with Gasteiger partial charge in [0.15, 0.2) is 6.19 Å². The number of likely N-dealkylation sites (N-methyl/N-ethyl adjacent to an activating group) is 1. The first kappa shape index (κ1) is 18.4. The molecule has 1 saturated heterocycles. The number of hydroxylamine groups is 2. The van der Waals surface area contributed by atoms with Gasteiger partial charge in [-0.25, -0.2) is 13.6 Å². The van der Waals surface area contributed by atoms with Crippen LogP contribution in [0.4, 0.5) is 13.6 Å².